The van der Waals surface area contributed by atoms with Crippen molar-refractivity contribution in [1.82, 2.24) is 20.9 Å². The molecule has 8 atom stereocenters. The van der Waals surface area contributed by atoms with Gasteiger partial charge in [0.2, 0.25) is 23.6 Å². The van der Waals surface area contributed by atoms with Gasteiger partial charge in [0.15, 0.2) is 6.29 Å². The van der Waals surface area contributed by atoms with Gasteiger partial charge in [-0.3, -0.25) is 34.1 Å². The summed E-state index contributed by atoms with van der Waals surface area (Å²) in [7, 11) is 0. The highest BCUT2D eigenvalue weighted by Crippen LogP contribution is 2.36. The number of aromatic nitrogens is 1. The number of nitro groups is 1. The lowest BCUT2D eigenvalue weighted by atomic mass is 9.96. The van der Waals surface area contributed by atoms with E-state index >= 15 is 0 Å². The topological polar surface area (TPSA) is 299 Å². The molecule has 21 heteroatoms. The van der Waals surface area contributed by atoms with Gasteiger partial charge in [-0.2, -0.15) is 0 Å². The number of fused-ring (bicyclic) bond motifs is 2. The molecule has 4 amide bonds. The van der Waals surface area contributed by atoms with Gasteiger partial charge in [-0.1, -0.05) is 84.9 Å². The van der Waals surface area contributed by atoms with Crippen molar-refractivity contribution in [3.05, 3.63) is 124 Å². The van der Waals surface area contributed by atoms with E-state index < -0.39 is 95.9 Å². The van der Waals surface area contributed by atoms with Crippen molar-refractivity contribution < 1.29 is 62.5 Å². The lowest BCUT2D eigenvalue weighted by molar-refractivity contribution is -0.383. The normalized spacial score (nSPS) is 18.9. The van der Waals surface area contributed by atoms with Crippen LogP contribution in [0.1, 0.15) is 51.2 Å². The predicted molar refractivity (Wildman–Crippen MR) is 252 cm³/mol. The van der Waals surface area contributed by atoms with E-state index in [0.29, 0.717) is 27.7 Å². The molecule has 0 aliphatic carbocycles. The third-order valence-electron chi connectivity index (χ3n) is 11.2. The fourth-order valence-corrected chi connectivity index (χ4v) is 7.65. The summed E-state index contributed by atoms with van der Waals surface area (Å²) in [5.74, 6) is -4.46. The van der Waals surface area contributed by atoms with Gasteiger partial charge in [0.05, 0.1) is 34.7 Å². The van der Waals surface area contributed by atoms with Gasteiger partial charge in [-0.05, 0) is 43.5 Å². The summed E-state index contributed by atoms with van der Waals surface area (Å²) >= 11 is 0. The zero-order chi connectivity index (χ0) is 50.3. The average molecular weight is 966 g/mol. The SMILES string of the molecule is CC(=O)N[C@@H]1[C@H](OCc2ccccc2)O[C@@H](COC(=O)CCNc2c3ccccc3nc3cccc([N+](=O)[O-])c23)[C@@H](O)[C@@H]1OC(C)C(=O)N[C@@H](C)C(=O)N[C@H](CCC(N)=O)C(=O)OCc1ccccc1. The Morgan fingerprint density at radius 2 is 1.49 bits per heavy atom. The molecule has 0 spiro atoms. The molecule has 0 bridgehead atoms. The van der Waals surface area contributed by atoms with Gasteiger partial charge in [0.1, 0.15) is 61.1 Å². The Morgan fingerprint density at radius 1 is 0.829 bits per heavy atom. The first-order valence-corrected chi connectivity index (χ1v) is 22.5. The first-order valence-electron chi connectivity index (χ1n) is 22.5. The number of esters is 2. The van der Waals surface area contributed by atoms with Crippen LogP contribution in [0.5, 0.6) is 0 Å². The summed E-state index contributed by atoms with van der Waals surface area (Å²) in [5, 5.41) is 35.5. The highest BCUT2D eigenvalue weighted by atomic mass is 16.7. The summed E-state index contributed by atoms with van der Waals surface area (Å²) in [6, 6.07) is 25.6. The molecule has 0 radical (unpaired) electrons. The molecule has 2 heterocycles. The summed E-state index contributed by atoms with van der Waals surface area (Å²) in [4.78, 5) is 93.6. The lowest BCUT2D eigenvalue weighted by Crippen LogP contribution is -2.66. The Kier molecular flexibility index (Phi) is 18.2. The van der Waals surface area contributed by atoms with Crippen LogP contribution in [-0.4, -0.2) is 113 Å². The average Bonchev–Trinajstić information content (AvgIpc) is 3.34. The fourth-order valence-electron chi connectivity index (χ4n) is 7.65. The number of hydrogen-bond acceptors (Lipinski definition) is 16. The number of benzene rings is 4. The van der Waals surface area contributed by atoms with Crippen LogP contribution in [0.4, 0.5) is 11.4 Å². The van der Waals surface area contributed by atoms with Gasteiger partial charge in [0, 0.05) is 31.3 Å². The molecule has 5 aromatic rings. The molecule has 0 saturated carbocycles. The van der Waals surface area contributed by atoms with E-state index in [1.807, 2.05) is 6.07 Å². The van der Waals surface area contributed by atoms with Gasteiger partial charge in [0.25, 0.3) is 5.69 Å². The number of nitrogens with two attached hydrogens (primary N) is 1. The summed E-state index contributed by atoms with van der Waals surface area (Å²) in [6.45, 7) is 3.24. The molecule has 1 saturated heterocycles. The van der Waals surface area contributed by atoms with E-state index in [1.165, 1.54) is 32.9 Å². The molecular weight excluding hydrogens is 911 g/mol. The van der Waals surface area contributed by atoms with Crippen LogP contribution in [0.2, 0.25) is 0 Å². The first kappa shape index (κ1) is 51.8. The fraction of sp³-hybridized carbons (Fsp3) is 0.367. The van der Waals surface area contributed by atoms with Crippen molar-refractivity contribution in [2.24, 2.45) is 5.73 Å². The standard InChI is InChI=1S/C49H55N7O14/c1-28(46(61)55-36(21-22-39(50)58)48(63)67-25-31-13-6-4-7-14-31)52-47(62)29(2)69-45-43(53-30(3)57)49(68-26-32-15-8-5-9-16-32)70-38(44(45)60)27-66-40(59)23-24-51-42-33-17-10-11-18-34(33)54-35-19-12-20-37(41(35)42)56(64)65/h4-20,28-29,36,38,43-45,49,60H,21-27H2,1-3H3,(H2,50,58)(H,51,54)(H,52,62)(H,53,57)(H,55,61)/t28-,29?,36+,38-,43-,44+,45+,49+/m0/s1. The molecule has 1 aliphatic heterocycles. The Hall–Kier alpha value is -7.59. The summed E-state index contributed by atoms with van der Waals surface area (Å²) < 4.78 is 29.4. The minimum absolute atomic E-state index is 0.0172. The number of aliphatic hydroxyl groups is 1. The number of nitrogens with one attached hydrogen (secondary N) is 4. The van der Waals surface area contributed by atoms with E-state index in [0.717, 1.165) is 5.56 Å². The maximum absolute atomic E-state index is 13.6. The third-order valence-corrected chi connectivity index (χ3v) is 11.2. The number of pyridine rings is 1. The van der Waals surface area contributed by atoms with Crippen molar-refractivity contribution >= 4 is 68.7 Å². The van der Waals surface area contributed by atoms with Crippen LogP contribution in [-0.2, 0) is 65.7 Å². The maximum atomic E-state index is 13.6. The second kappa shape index (κ2) is 24.6. The number of hydrogen-bond donors (Lipinski definition) is 6. The predicted octanol–water partition coefficient (Wildman–Crippen LogP) is 3.22. The number of rotatable bonds is 23. The second-order valence-electron chi connectivity index (χ2n) is 16.5. The third kappa shape index (κ3) is 14.0. The number of non-ortho nitro benzene ring substituents is 1. The van der Waals surface area contributed by atoms with Gasteiger partial charge >= 0.3 is 11.9 Å². The monoisotopic (exact) mass is 965 g/mol. The van der Waals surface area contributed by atoms with Crippen molar-refractivity contribution in [2.75, 3.05) is 18.5 Å². The van der Waals surface area contributed by atoms with Crippen molar-refractivity contribution in [3.63, 3.8) is 0 Å². The minimum Gasteiger partial charge on any atom is -0.463 e. The molecular formula is C49H55N7O14. The molecule has 70 heavy (non-hydrogen) atoms. The molecule has 370 valence electrons. The van der Waals surface area contributed by atoms with Crippen LogP contribution in [0.25, 0.3) is 21.8 Å². The summed E-state index contributed by atoms with van der Waals surface area (Å²) in [6.07, 6.45) is -7.81. The number of para-hydroxylation sites is 1. The first-order chi connectivity index (χ1) is 33.6. The molecule has 1 aliphatic rings. The van der Waals surface area contributed by atoms with E-state index in [-0.39, 0.29) is 50.1 Å². The van der Waals surface area contributed by atoms with E-state index in [1.54, 1.807) is 84.9 Å². The van der Waals surface area contributed by atoms with E-state index in [2.05, 4.69) is 26.3 Å². The van der Waals surface area contributed by atoms with Gasteiger partial charge in [-0.25, -0.2) is 9.78 Å². The Labute approximate surface area is 401 Å². The smallest absolute Gasteiger partial charge is 0.328 e. The molecule has 4 aromatic carbocycles. The summed E-state index contributed by atoms with van der Waals surface area (Å²) in [5.41, 5.74) is 7.93. The molecule has 1 unspecified atom stereocenters. The van der Waals surface area contributed by atoms with Gasteiger partial charge < -0.3 is 55.8 Å². The number of ether oxygens (including phenoxy) is 5. The zero-order valence-electron chi connectivity index (χ0n) is 38.6. The number of nitrogens with zero attached hydrogens (tertiary/aromatic N) is 2. The van der Waals surface area contributed by atoms with E-state index in [9.17, 15) is 44.0 Å². The number of amides is 4. The van der Waals surface area contributed by atoms with Crippen LogP contribution < -0.4 is 27.0 Å². The number of primary amides is 1. The Bertz CT molecular complexity index is 2660. The number of anilines is 1. The quantitative estimate of drug-likeness (QED) is 0.0237. The molecule has 7 N–H and O–H groups in total. The largest absolute Gasteiger partial charge is 0.463 e. The number of carbonyl (C=O) groups is 6. The molecule has 1 aromatic heterocycles. The lowest BCUT2D eigenvalue weighted by Gasteiger charge is -2.45. The van der Waals surface area contributed by atoms with Crippen molar-refractivity contribution in [2.45, 2.75) is 102 Å². The van der Waals surface area contributed by atoms with Crippen LogP contribution in [0.3, 0.4) is 0 Å². The molecule has 1 fully saturated rings. The van der Waals surface area contributed by atoms with Crippen LogP contribution in [0.15, 0.2) is 103 Å². The Balaban J connectivity index is 1.12. The second-order valence-corrected chi connectivity index (χ2v) is 16.5. The zero-order valence-corrected chi connectivity index (χ0v) is 38.6. The van der Waals surface area contributed by atoms with Gasteiger partial charge in [-0.15, -0.1) is 0 Å². The molecule has 21 nitrogen and oxygen atoms in total. The highest BCUT2D eigenvalue weighted by Gasteiger charge is 2.49. The minimum atomic E-state index is -1.65. The van der Waals surface area contributed by atoms with Crippen molar-refractivity contribution in [3.8, 4) is 0 Å². The maximum Gasteiger partial charge on any atom is 0.328 e. The number of aliphatic hydroxyl groups excluding tert-OH is 1. The highest BCUT2D eigenvalue weighted by molar-refractivity contribution is 6.11. The van der Waals surface area contributed by atoms with Crippen LogP contribution >= 0.6 is 0 Å². The molecule has 6 rings (SSSR count). The van der Waals surface area contributed by atoms with E-state index in [4.69, 9.17) is 29.4 Å². The number of carbonyl (C=O) groups excluding carboxylic acids is 6. The van der Waals surface area contributed by atoms with Crippen molar-refractivity contribution in [1.29, 1.82) is 0 Å². The van der Waals surface area contributed by atoms with Crippen LogP contribution in [0, 0.1) is 10.1 Å². The Morgan fingerprint density at radius 3 is 2.16 bits per heavy atom. The number of nitro benzene ring substituents is 1.